The topological polar surface area (TPSA) is 3.24 Å². The maximum atomic E-state index is 2.34. The van der Waals surface area contributed by atoms with Gasteiger partial charge in [-0.1, -0.05) is 76.6 Å². The molecule has 0 aliphatic carbocycles. The molecule has 0 amide bonds. The Morgan fingerprint density at radius 3 is 1.57 bits per heavy atom. The normalized spacial score (nSPS) is 12.6. The number of rotatable bonds is 5. The average Bonchev–Trinajstić information content (AvgIpc) is 2.69. The molecule has 3 rings (SSSR count). The van der Waals surface area contributed by atoms with Gasteiger partial charge in [-0.3, -0.25) is 0 Å². The number of aryl methyl sites for hydroxylation is 1. The molecule has 0 spiro atoms. The lowest BCUT2D eigenvalue weighted by Crippen LogP contribution is -2.13. The molecule has 146 valence electrons. The van der Waals surface area contributed by atoms with Crippen molar-refractivity contribution in [3.63, 3.8) is 0 Å². The zero-order valence-electron chi connectivity index (χ0n) is 18.2. The molecule has 0 N–H and O–H groups in total. The summed E-state index contributed by atoms with van der Waals surface area (Å²) in [7, 11) is 0. The van der Waals surface area contributed by atoms with Crippen LogP contribution in [0.1, 0.15) is 63.6 Å². The summed E-state index contributed by atoms with van der Waals surface area (Å²) in [5.74, 6) is 0.591. The summed E-state index contributed by atoms with van der Waals surface area (Å²) in [4.78, 5) is 2.34. The van der Waals surface area contributed by atoms with Crippen molar-refractivity contribution in [2.45, 2.75) is 59.3 Å². The molecule has 0 fully saturated rings. The molecule has 0 aliphatic heterocycles. The zero-order chi connectivity index (χ0) is 20.3. The molecule has 28 heavy (non-hydrogen) atoms. The van der Waals surface area contributed by atoms with Crippen LogP contribution in [0.2, 0.25) is 0 Å². The third kappa shape index (κ3) is 4.47. The highest BCUT2D eigenvalue weighted by Gasteiger charge is 2.16. The Morgan fingerprint density at radius 1 is 0.714 bits per heavy atom. The molecule has 0 radical (unpaired) electrons. The molecule has 0 heterocycles. The van der Waals surface area contributed by atoms with Crippen LogP contribution >= 0.6 is 0 Å². The van der Waals surface area contributed by atoms with Gasteiger partial charge in [0.25, 0.3) is 0 Å². The third-order valence-corrected chi connectivity index (χ3v) is 5.62. The van der Waals surface area contributed by atoms with E-state index in [9.17, 15) is 0 Å². The van der Waals surface area contributed by atoms with Gasteiger partial charge in [0, 0.05) is 17.1 Å². The molecule has 0 aliphatic rings. The molecular formula is C27H33N. The molecule has 3 aromatic carbocycles. The molecule has 0 saturated heterocycles. The standard InChI is InChI=1S/C27H33N/c1-7-21(3)22-10-16-25(17-11-22)28(24-14-8-20(2)9-15-24)26-18-12-23(13-19-26)27(4,5)6/h8-19,21H,7H2,1-6H3. The van der Waals surface area contributed by atoms with E-state index in [1.807, 2.05) is 0 Å². The van der Waals surface area contributed by atoms with Gasteiger partial charge >= 0.3 is 0 Å². The van der Waals surface area contributed by atoms with Gasteiger partial charge in [-0.15, -0.1) is 0 Å². The quantitative estimate of drug-likeness (QED) is 0.436. The van der Waals surface area contributed by atoms with Crippen LogP contribution in [0.15, 0.2) is 72.8 Å². The van der Waals surface area contributed by atoms with Gasteiger partial charge in [-0.25, -0.2) is 0 Å². The Morgan fingerprint density at radius 2 is 1.14 bits per heavy atom. The number of nitrogens with zero attached hydrogens (tertiary/aromatic N) is 1. The third-order valence-electron chi connectivity index (χ3n) is 5.62. The highest BCUT2D eigenvalue weighted by molar-refractivity contribution is 5.76. The fourth-order valence-corrected chi connectivity index (χ4v) is 3.44. The second-order valence-corrected chi connectivity index (χ2v) is 8.87. The number of hydrogen-bond donors (Lipinski definition) is 0. The van der Waals surface area contributed by atoms with Crippen LogP contribution in [0.4, 0.5) is 17.1 Å². The van der Waals surface area contributed by atoms with Crippen molar-refractivity contribution in [1.29, 1.82) is 0 Å². The van der Waals surface area contributed by atoms with Crippen molar-refractivity contribution in [1.82, 2.24) is 0 Å². The zero-order valence-corrected chi connectivity index (χ0v) is 18.2. The summed E-state index contributed by atoms with van der Waals surface area (Å²) in [6.45, 7) is 13.4. The van der Waals surface area contributed by atoms with Crippen molar-refractivity contribution in [2.24, 2.45) is 0 Å². The molecular weight excluding hydrogens is 338 g/mol. The Hall–Kier alpha value is -2.54. The summed E-state index contributed by atoms with van der Waals surface area (Å²) >= 11 is 0. The van der Waals surface area contributed by atoms with Crippen molar-refractivity contribution in [3.8, 4) is 0 Å². The Bertz CT molecular complexity index is 881. The van der Waals surface area contributed by atoms with Crippen LogP contribution in [0, 0.1) is 6.92 Å². The number of benzene rings is 3. The molecule has 1 unspecified atom stereocenters. The second-order valence-electron chi connectivity index (χ2n) is 8.87. The molecule has 0 bridgehead atoms. The summed E-state index contributed by atoms with van der Waals surface area (Å²) in [6.07, 6.45) is 1.16. The number of hydrogen-bond acceptors (Lipinski definition) is 1. The van der Waals surface area contributed by atoms with Crippen LogP contribution in [0.3, 0.4) is 0 Å². The van der Waals surface area contributed by atoms with E-state index in [2.05, 4.69) is 119 Å². The summed E-state index contributed by atoms with van der Waals surface area (Å²) < 4.78 is 0. The van der Waals surface area contributed by atoms with Gasteiger partial charge in [-0.2, -0.15) is 0 Å². The first-order valence-electron chi connectivity index (χ1n) is 10.4. The summed E-state index contributed by atoms with van der Waals surface area (Å²) in [6, 6.07) is 26.8. The first kappa shape index (κ1) is 20.2. The molecule has 0 saturated carbocycles. The van der Waals surface area contributed by atoms with Gasteiger partial charge < -0.3 is 4.90 Å². The van der Waals surface area contributed by atoms with Crippen LogP contribution in [-0.2, 0) is 5.41 Å². The van der Waals surface area contributed by atoms with E-state index in [-0.39, 0.29) is 5.41 Å². The van der Waals surface area contributed by atoms with Crippen molar-refractivity contribution in [2.75, 3.05) is 4.90 Å². The van der Waals surface area contributed by atoms with Gasteiger partial charge in [0.15, 0.2) is 0 Å². The van der Waals surface area contributed by atoms with Crippen molar-refractivity contribution >= 4 is 17.1 Å². The van der Waals surface area contributed by atoms with Crippen LogP contribution in [-0.4, -0.2) is 0 Å². The fraction of sp³-hybridized carbons (Fsp3) is 0.333. The Labute approximate surface area is 171 Å². The Balaban J connectivity index is 2.04. The maximum absolute atomic E-state index is 2.34. The minimum Gasteiger partial charge on any atom is -0.311 e. The summed E-state index contributed by atoms with van der Waals surface area (Å²) in [5, 5.41) is 0. The molecule has 1 nitrogen and oxygen atoms in total. The lowest BCUT2D eigenvalue weighted by Gasteiger charge is -2.27. The average molecular weight is 372 g/mol. The number of anilines is 3. The van der Waals surface area contributed by atoms with Crippen LogP contribution < -0.4 is 4.90 Å². The van der Waals surface area contributed by atoms with Gasteiger partial charge in [-0.05, 0) is 72.2 Å². The van der Waals surface area contributed by atoms with Crippen molar-refractivity contribution < 1.29 is 0 Å². The van der Waals surface area contributed by atoms with E-state index >= 15 is 0 Å². The van der Waals surface area contributed by atoms with E-state index in [0.29, 0.717) is 5.92 Å². The minimum absolute atomic E-state index is 0.158. The van der Waals surface area contributed by atoms with Crippen LogP contribution in [0.25, 0.3) is 0 Å². The Kier molecular flexibility index (Phi) is 5.93. The van der Waals surface area contributed by atoms with Crippen molar-refractivity contribution in [3.05, 3.63) is 89.5 Å². The predicted molar refractivity (Wildman–Crippen MR) is 123 cm³/mol. The highest BCUT2D eigenvalue weighted by atomic mass is 15.1. The van der Waals surface area contributed by atoms with Crippen LogP contribution in [0.5, 0.6) is 0 Å². The van der Waals surface area contributed by atoms with E-state index in [1.54, 1.807) is 0 Å². The first-order valence-corrected chi connectivity index (χ1v) is 10.4. The van der Waals surface area contributed by atoms with Gasteiger partial charge in [0.05, 0.1) is 0 Å². The predicted octanol–water partition coefficient (Wildman–Crippen LogP) is 8.28. The summed E-state index contributed by atoms with van der Waals surface area (Å²) in [5.41, 5.74) is 7.76. The molecule has 1 atom stereocenters. The smallest absolute Gasteiger partial charge is 0.0461 e. The first-order chi connectivity index (χ1) is 13.3. The van der Waals surface area contributed by atoms with E-state index in [0.717, 1.165) is 6.42 Å². The van der Waals surface area contributed by atoms with E-state index in [1.165, 1.54) is 33.8 Å². The monoisotopic (exact) mass is 371 g/mol. The van der Waals surface area contributed by atoms with E-state index < -0.39 is 0 Å². The van der Waals surface area contributed by atoms with Gasteiger partial charge in [0.1, 0.15) is 0 Å². The SMILES string of the molecule is CCC(C)c1ccc(N(c2ccc(C)cc2)c2ccc(C(C)(C)C)cc2)cc1. The maximum Gasteiger partial charge on any atom is 0.0461 e. The largest absolute Gasteiger partial charge is 0.311 e. The lowest BCUT2D eigenvalue weighted by atomic mass is 9.87. The fourth-order valence-electron chi connectivity index (χ4n) is 3.44. The lowest BCUT2D eigenvalue weighted by molar-refractivity contribution is 0.590. The molecule has 0 aromatic heterocycles. The molecule has 1 heteroatoms. The molecule has 3 aromatic rings. The highest BCUT2D eigenvalue weighted by Crippen LogP contribution is 2.36. The van der Waals surface area contributed by atoms with Gasteiger partial charge in [0.2, 0.25) is 0 Å². The van der Waals surface area contributed by atoms with E-state index in [4.69, 9.17) is 0 Å². The minimum atomic E-state index is 0.158. The second kappa shape index (κ2) is 8.22.